The Labute approximate surface area is 115 Å². The molecule has 18 heavy (non-hydrogen) atoms. The van der Waals surface area contributed by atoms with E-state index in [1.807, 2.05) is 0 Å². The van der Waals surface area contributed by atoms with Crippen LogP contribution in [0.1, 0.15) is 51.6 Å². The minimum absolute atomic E-state index is 0.246. The van der Waals surface area contributed by atoms with Crippen LogP contribution in [0, 0.1) is 5.92 Å². The molecule has 2 rings (SSSR count). The monoisotopic (exact) mass is 266 g/mol. The highest BCUT2D eigenvalue weighted by molar-refractivity contribution is 7.07. The Morgan fingerprint density at radius 3 is 2.83 bits per heavy atom. The minimum atomic E-state index is 0.246. The van der Waals surface area contributed by atoms with Crippen molar-refractivity contribution in [1.82, 2.24) is 4.90 Å². The summed E-state index contributed by atoms with van der Waals surface area (Å²) in [7, 11) is 0. The van der Waals surface area contributed by atoms with Crippen LogP contribution in [0.15, 0.2) is 16.8 Å². The quantitative estimate of drug-likeness (QED) is 0.901. The number of nitrogens with zero attached hydrogens (tertiary/aromatic N) is 1. The van der Waals surface area contributed by atoms with E-state index in [4.69, 9.17) is 5.73 Å². The zero-order valence-electron chi connectivity index (χ0n) is 11.8. The third-order valence-electron chi connectivity index (χ3n) is 4.31. The van der Waals surface area contributed by atoms with Crippen LogP contribution in [0.3, 0.4) is 0 Å². The number of hydrogen-bond acceptors (Lipinski definition) is 3. The van der Waals surface area contributed by atoms with Gasteiger partial charge in [-0.1, -0.05) is 13.8 Å². The van der Waals surface area contributed by atoms with Gasteiger partial charge in [0.2, 0.25) is 0 Å². The summed E-state index contributed by atoms with van der Waals surface area (Å²) in [6.45, 7) is 8.11. The van der Waals surface area contributed by atoms with Crippen LogP contribution in [-0.2, 0) is 0 Å². The number of likely N-dealkylation sites (tertiary alicyclic amines) is 1. The number of hydrogen-bond donors (Lipinski definition) is 1. The summed E-state index contributed by atoms with van der Waals surface area (Å²) < 4.78 is 0. The highest BCUT2D eigenvalue weighted by Gasteiger charge is 2.32. The molecule has 0 aromatic carbocycles. The highest BCUT2D eigenvalue weighted by Crippen LogP contribution is 2.34. The van der Waals surface area contributed by atoms with Crippen LogP contribution in [0.4, 0.5) is 0 Å². The molecule has 1 aromatic rings. The molecule has 1 aromatic heterocycles. The first kappa shape index (κ1) is 14.0. The van der Waals surface area contributed by atoms with Gasteiger partial charge in [-0.2, -0.15) is 11.3 Å². The number of piperidine rings is 1. The molecule has 0 amide bonds. The Hall–Kier alpha value is -0.380. The number of thiophene rings is 1. The molecule has 0 saturated carbocycles. The van der Waals surface area contributed by atoms with Gasteiger partial charge in [-0.3, -0.25) is 4.90 Å². The molecule has 0 spiro atoms. The molecule has 2 N–H and O–H groups in total. The van der Waals surface area contributed by atoms with E-state index in [-0.39, 0.29) is 6.04 Å². The smallest absolute Gasteiger partial charge is 0.0510 e. The Morgan fingerprint density at radius 2 is 2.28 bits per heavy atom. The molecule has 0 bridgehead atoms. The summed E-state index contributed by atoms with van der Waals surface area (Å²) in [5.74, 6) is 0.859. The second-order valence-electron chi connectivity index (χ2n) is 5.79. The van der Waals surface area contributed by atoms with E-state index in [0.29, 0.717) is 12.1 Å². The summed E-state index contributed by atoms with van der Waals surface area (Å²) >= 11 is 1.78. The fourth-order valence-corrected chi connectivity index (χ4v) is 3.88. The first-order valence-corrected chi connectivity index (χ1v) is 8.11. The van der Waals surface area contributed by atoms with Gasteiger partial charge < -0.3 is 5.73 Å². The van der Waals surface area contributed by atoms with Gasteiger partial charge in [0.15, 0.2) is 0 Å². The Bertz CT molecular complexity index is 349. The molecule has 4 atom stereocenters. The lowest BCUT2D eigenvalue weighted by Crippen LogP contribution is -2.48. The summed E-state index contributed by atoms with van der Waals surface area (Å²) in [5, 5.41) is 4.44. The van der Waals surface area contributed by atoms with Gasteiger partial charge in [-0.25, -0.2) is 0 Å². The van der Waals surface area contributed by atoms with E-state index in [0.717, 1.165) is 12.3 Å². The molecule has 0 radical (unpaired) electrons. The van der Waals surface area contributed by atoms with Crippen LogP contribution in [-0.4, -0.2) is 23.5 Å². The fraction of sp³-hybridized carbons (Fsp3) is 0.733. The number of rotatable bonds is 4. The van der Waals surface area contributed by atoms with Crippen LogP contribution >= 0.6 is 11.3 Å². The van der Waals surface area contributed by atoms with Crippen molar-refractivity contribution in [2.45, 2.75) is 58.2 Å². The van der Waals surface area contributed by atoms with Crippen molar-refractivity contribution in [2.75, 3.05) is 6.54 Å². The van der Waals surface area contributed by atoms with Crippen molar-refractivity contribution in [3.05, 3.63) is 22.4 Å². The molecular weight excluding hydrogens is 240 g/mol. The molecule has 2 nitrogen and oxygen atoms in total. The van der Waals surface area contributed by atoms with Gasteiger partial charge in [0.1, 0.15) is 0 Å². The second kappa shape index (κ2) is 6.18. The van der Waals surface area contributed by atoms with E-state index >= 15 is 0 Å². The molecule has 3 heteroatoms. The van der Waals surface area contributed by atoms with Crippen LogP contribution in [0.2, 0.25) is 0 Å². The van der Waals surface area contributed by atoms with Gasteiger partial charge in [-0.15, -0.1) is 0 Å². The molecule has 1 aliphatic heterocycles. The van der Waals surface area contributed by atoms with Crippen LogP contribution in [0.5, 0.6) is 0 Å². The van der Waals surface area contributed by atoms with Gasteiger partial charge >= 0.3 is 0 Å². The molecule has 102 valence electrons. The Balaban J connectivity index is 2.19. The van der Waals surface area contributed by atoms with Gasteiger partial charge in [0.05, 0.1) is 6.04 Å². The van der Waals surface area contributed by atoms with E-state index in [1.165, 1.54) is 24.9 Å². The Kier molecular flexibility index (Phi) is 4.82. The number of nitrogens with two attached hydrogens (primary N) is 1. The molecular formula is C15H26N2S. The summed E-state index contributed by atoms with van der Waals surface area (Å²) in [4.78, 5) is 2.64. The first-order chi connectivity index (χ1) is 8.63. The first-order valence-electron chi connectivity index (χ1n) is 7.16. The van der Waals surface area contributed by atoms with Crippen molar-refractivity contribution in [1.29, 1.82) is 0 Å². The van der Waals surface area contributed by atoms with Gasteiger partial charge in [-0.05, 0) is 61.0 Å². The third kappa shape index (κ3) is 2.95. The SMILES string of the molecule is CCC(N)C(c1ccsc1)N1CCC(C)CC1C. The zero-order valence-corrected chi connectivity index (χ0v) is 12.6. The average molecular weight is 266 g/mol. The molecule has 1 aliphatic rings. The fourth-order valence-electron chi connectivity index (χ4n) is 3.19. The van der Waals surface area contributed by atoms with E-state index < -0.39 is 0 Å². The minimum Gasteiger partial charge on any atom is -0.326 e. The second-order valence-corrected chi connectivity index (χ2v) is 6.57. The van der Waals surface area contributed by atoms with Crippen molar-refractivity contribution in [3.8, 4) is 0 Å². The van der Waals surface area contributed by atoms with Gasteiger partial charge in [0, 0.05) is 12.1 Å². The maximum atomic E-state index is 6.40. The highest BCUT2D eigenvalue weighted by atomic mass is 32.1. The van der Waals surface area contributed by atoms with E-state index in [2.05, 4.69) is 42.5 Å². The molecule has 1 saturated heterocycles. The summed E-state index contributed by atoms with van der Waals surface area (Å²) in [6.07, 6.45) is 3.65. The Morgan fingerprint density at radius 1 is 1.50 bits per heavy atom. The predicted octanol–water partition coefficient (Wildman–Crippen LogP) is 3.65. The predicted molar refractivity (Wildman–Crippen MR) is 79.9 cm³/mol. The molecule has 1 fully saturated rings. The van der Waals surface area contributed by atoms with Crippen molar-refractivity contribution < 1.29 is 0 Å². The normalized spacial score (nSPS) is 29.1. The van der Waals surface area contributed by atoms with E-state index in [1.54, 1.807) is 11.3 Å². The van der Waals surface area contributed by atoms with Crippen LogP contribution in [0.25, 0.3) is 0 Å². The lowest BCUT2D eigenvalue weighted by molar-refractivity contribution is 0.0674. The topological polar surface area (TPSA) is 29.3 Å². The lowest BCUT2D eigenvalue weighted by Gasteiger charge is -2.43. The standard InChI is InChI=1S/C15H26N2S/c1-4-14(16)15(13-6-8-18-10-13)17-7-5-11(2)9-12(17)3/h6,8,10-12,14-15H,4-5,7,9,16H2,1-3H3. The summed E-state index contributed by atoms with van der Waals surface area (Å²) in [5.41, 5.74) is 7.81. The maximum absolute atomic E-state index is 6.40. The summed E-state index contributed by atoms with van der Waals surface area (Å²) in [6, 6.07) is 3.55. The average Bonchev–Trinajstić information content (AvgIpc) is 2.85. The maximum Gasteiger partial charge on any atom is 0.0510 e. The molecule has 0 aliphatic carbocycles. The van der Waals surface area contributed by atoms with Crippen molar-refractivity contribution in [2.24, 2.45) is 11.7 Å². The van der Waals surface area contributed by atoms with E-state index in [9.17, 15) is 0 Å². The van der Waals surface area contributed by atoms with Crippen molar-refractivity contribution in [3.63, 3.8) is 0 Å². The molecule has 2 heterocycles. The largest absolute Gasteiger partial charge is 0.326 e. The lowest BCUT2D eigenvalue weighted by atomic mass is 9.88. The third-order valence-corrected chi connectivity index (χ3v) is 5.01. The van der Waals surface area contributed by atoms with Gasteiger partial charge in [0.25, 0.3) is 0 Å². The van der Waals surface area contributed by atoms with Crippen molar-refractivity contribution >= 4 is 11.3 Å². The zero-order chi connectivity index (χ0) is 13.1. The van der Waals surface area contributed by atoms with Crippen LogP contribution < -0.4 is 5.73 Å². The molecule has 4 unspecified atom stereocenters.